The summed E-state index contributed by atoms with van der Waals surface area (Å²) < 4.78 is 11.3. The number of esters is 1. The van der Waals surface area contributed by atoms with Crippen LogP contribution >= 0.6 is 23.5 Å². The van der Waals surface area contributed by atoms with Gasteiger partial charge in [-0.3, -0.25) is 14.4 Å². The molecule has 2 aromatic rings. The van der Waals surface area contributed by atoms with Crippen LogP contribution in [0.15, 0.2) is 48.5 Å². The minimum atomic E-state index is -1.23. The quantitative estimate of drug-likeness (QED) is 0.0223. The predicted octanol–water partition coefficient (Wildman–Crippen LogP) is 5.51. The summed E-state index contributed by atoms with van der Waals surface area (Å²) in [6.45, 7) is 5.45. The highest BCUT2D eigenvalue weighted by atomic mass is 32.2. The van der Waals surface area contributed by atoms with Crippen LogP contribution in [0.2, 0.25) is 0 Å². The molecule has 2 aromatic carbocycles. The van der Waals surface area contributed by atoms with Crippen molar-refractivity contribution in [3.05, 3.63) is 65.2 Å². The average molecular weight is 878 g/mol. The van der Waals surface area contributed by atoms with Crippen molar-refractivity contribution in [2.45, 2.75) is 126 Å². The van der Waals surface area contributed by atoms with Crippen LogP contribution in [-0.4, -0.2) is 112 Å². The van der Waals surface area contributed by atoms with Crippen LogP contribution in [0.5, 0.6) is 0 Å². The Morgan fingerprint density at radius 1 is 0.902 bits per heavy atom. The first kappa shape index (κ1) is 47.2. The van der Waals surface area contributed by atoms with E-state index in [1.54, 1.807) is 32.5 Å². The van der Waals surface area contributed by atoms with Crippen molar-refractivity contribution in [1.82, 2.24) is 26.6 Å². The fourth-order valence-electron chi connectivity index (χ4n) is 7.79. The normalized spacial score (nSPS) is 18.5. The predicted molar refractivity (Wildman–Crippen MR) is 236 cm³/mol. The number of hydrogen-bond acceptors (Lipinski definition) is 10. The van der Waals surface area contributed by atoms with Crippen molar-refractivity contribution in [2.24, 2.45) is 0 Å². The highest BCUT2D eigenvalue weighted by Crippen LogP contribution is 2.44. The number of nitrogens with zero attached hydrogens (tertiary/aromatic N) is 2. The number of carbonyl (C=O) groups is 6. The number of Topliss-reactive ketones (excluding diaryl/α,β-unsaturated/α-hetero) is 1. The molecule has 5 rings (SSSR count). The number of amides is 5. The molecular weight excluding hydrogens is 819 g/mol. The molecule has 15 nitrogen and oxygen atoms in total. The zero-order chi connectivity index (χ0) is 43.8. The third kappa shape index (κ3) is 14.6. The zero-order valence-electron chi connectivity index (χ0n) is 35.2. The maximum Gasteiger partial charge on any atom is 0.407 e. The summed E-state index contributed by atoms with van der Waals surface area (Å²) in [6.07, 6.45) is 5.52. The highest BCUT2D eigenvalue weighted by Gasteiger charge is 2.42. The maximum atomic E-state index is 13.8. The number of rotatable bonds is 24. The molecule has 3 aliphatic rings. The summed E-state index contributed by atoms with van der Waals surface area (Å²) in [5.74, 6) is 0.442. The van der Waals surface area contributed by atoms with Gasteiger partial charge in [-0.05, 0) is 87.3 Å². The SMILES string of the molecule is CC(C)(C)OC(=O)[C@H](CCC(=O)C=[N+]=[N-])NC(=O)[C@H](CCCCNC(=O)CCSCCCCC[C@@H]1SC[C@@H]2NC(=O)N[C@@H]21)NC(=O)OCC1c2ccccc2-c2ccccc21. The number of nitrogens with one attached hydrogen (secondary N) is 5. The molecule has 2 aliphatic heterocycles. The molecule has 0 bridgehead atoms. The van der Waals surface area contributed by atoms with Gasteiger partial charge in [-0.2, -0.15) is 28.3 Å². The number of unbranched alkanes of at least 4 members (excludes halogenated alkanes) is 3. The summed E-state index contributed by atoms with van der Waals surface area (Å²) >= 11 is 3.70. The molecule has 2 fully saturated rings. The topological polar surface area (TPSA) is 217 Å². The summed E-state index contributed by atoms with van der Waals surface area (Å²) in [5.41, 5.74) is 12.1. The average Bonchev–Trinajstić information content (AvgIpc) is 3.88. The zero-order valence-corrected chi connectivity index (χ0v) is 36.9. The first-order valence-electron chi connectivity index (χ1n) is 21.2. The molecule has 0 aromatic heterocycles. The number of thioether (sulfide) groups is 2. The van der Waals surface area contributed by atoms with E-state index in [2.05, 4.69) is 31.4 Å². The fraction of sp³-hybridized carbons (Fsp3) is 0.568. The smallest absolute Gasteiger partial charge is 0.407 e. The molecule has 2 heterocycles. The molecule has 5 N–H and O–H groups in total. The Morgan fingerprint density at radius 3 is 2.33 bits per heavy atom. The lowest BCUT2D eigenvalue weighted by Crippen LogP contribution is -2.52. The van der Waals surface area contributed by atoms with E-state index < -0.39 is 41.4 Å². The van der Waals surface area contributed by atoms with Gasteiger partial charge in [0.25, 0.3) is 0 Å². The summed E-state index contributed by atoms with van der Waals surface area (Å²) in [7, 11) is 0. The monoisotopic (exact) mass is 877 g/mol. The van der Waals surface area contributed by atoms with Gasteiger partial charge in [0.1, 0.15) is 24.3 Å². The van der Waals surface area contributed by atoms with E-state index in [0.717, 1.165) is 71.4 Å². The second kappa shape index (κ2) is 23.4. The summed E-state index contributed by atoms with van der Waals surface area (Å²) in [4.78, 5) is 79.3. The van der Waals surface area contributed by atoms with Crippen LogP contribution in [0, 0.1) is 0 Å². The Morgan fingerprint density at radius 2 is 1.62 bits per heavy atom. The first-order chi connectivity index (χ1) is 29.3. The lowest BCUT2D eigenvalue weighted by atomic mass is 9.98. The number of ether oxygens (including phenoxy) is 2. The number of fused-ring (bicyclic) bond motifs is 4. The largest absolute Gasteiger partial charge is 0.458 e. The second-order valence-corrected chi connectivity index (χ2v) is 19.0. The number of alkyl carbamates (subject to hydrolysis) is 1. The van der Waals surface area contributed by atoms with Crippen molar-refractivity contribution in [3.8, 4) is 11.1 Å². The Hall–Kier alpha value is -4.86. The van der Waals surface area contributed by atoms with Gasteiger partial charge < -0.3 is 41.6 Å². The van der Waals surface area contributed by atoms with Gasteiger partial charge in [0, 0.05) is 42.1 Å². The minimum Gasteiger partial charge on any atom is -0.458 e. The Labute approximate surface area is 366 Å². The number of urea groups is 1. The van der Waals surface area contributed by atoms with Gasteiger partial charge in [-0.15, -0.1) is 0 Å². The van der Waals surface area contributed by atoms with Crippen LogP contribution in [0.4, 0.5) is 9.59 Å². The Kier molecular flexibility index (Phi) is 18.1. The molecule has 5 atom stereocenters. The number of benzene rings is 2. The molecule has 5 amide bonds. The van der Waals surface area contributed by atoms with Crippen molar-refractivity contribution >= 4 is 65.4 Å². The van der Waals surface area contributed by atoms with E-state index in [1.807, 2.05) is 60.3 Å². The second-order valence-electron chi connectivity index (χ2n) is 16.5. The fourth-order valence-corrected chi connectivity index (χ4v) is 10.3. The van der Waals surface area contributed by atoms with Crippen molar-refractivity contribution in [3.63, 3.8) is 0 Å². The molecule has 0 radical (unpaired) electrons. The van der Waals surface area contributed by atoms with Gasteiger partial charge in [-0.1, -0.05) is 61.4 Å². The first-order valence-corrected chi connectivity index (χ1v) is 23.4. The van der Waals surface area contributed by atoms with Gasteiger partial charge in [0.15, 0.2) is 0 Å². The van der Waals surface area contributed by atoms with Crippen LogP contribution < -0.4 is 26.6 Å². The van der Waals surface area contributed by atoms with Crippen LogP contribution in [0.1, 0.15) is 102 Å². The number of carbonyl (C=O) groups excluding carboxylic acids is 6. The summed E-state index contributed by atoms with van der Waals surface area (Å²) in [5, 5.41) is 14.8. The molecule has 0 spiro atoms. The van der Waals surface area contributed by atoms with Crippen LogP contribution in [0.25, 0.3) is 16.7 Å². The van der Waals surface area contributed by atoms with E-state index in [-0.39, 0.29) is 55.8 Å². The van der Waals surface area contributed by atoms with Gasteiger partial charge in [0.05, 0.1) is 12.1 Å². The summed E-state index contributed by atoms with van der Waals surface area (Å²) in [6, 6.07) is 14.0. The Balaban J connectivity index is 1.07. The highest BCUT2D eigenvalue weighted by molar-refractivity contribution is 8.00. The van der Waals surface area contributed by atoms with E-state index in [0.29, 0.717) is 31.1 Å². The molecule has 330 valence electrons. The van der Waals surface area contributed by atoms with Crippen LogP contribution in [0.3, 0.4) is 0 Å². The van der Waals surface area contributed by atoms with Gasteiger partial charge in [-0.25, -0.2) is 14.4 Å². The van der Waals surface area contributed by atoms with E-state index in [4.69, 9.17) is 15.0 Å². The molecule has 0 saturated carbocycles. The number of hydrogen-bond donors (Lipinski definition) is 5. The van der Waals surface area contributed by atoms with Crippen molar-refractivity contribution in [2.75, 3.05) is 30.4 Å². The van der Waals surface area contributed by atoms with Crippen molar-refractivity contribution in [1.29, 1.82) is 0 Å². The molecule has 0 unspecified atom stereocenters. The van der Waals surface area contributed by atoms with E-state index in [1.165, 1.54) is 0 Å². The minimum absolute atomic E-state index is 0.0357. The maximum absolute atomic E-state index is 13.8. The van der Waals surface area contributed by atoms with Gasteiger partial charge in [0.2, 0.25) is 17.6 Å². The molecule has 2 saturated heterocycles. The van der Waals surface area contributed by atoms with E-state index >= 15 is 0 Å². The Bertz CT molecular complexity index is 1870. The van der Waals surface area contributed by atoms with Crippen LogP contribution in [-0.2, 0) is 28.7 Å². The van der Waals surface area contributed by atoms with Crippen molar-refractivity contribution < 1.29 is 43.0 Å². The molecule has 61 heavy (non-hydrogen) atoms. The lowest BCUT2D eigenvalue weighted by Gasteiger charge is -2.26. The molecule has 17 heteroatoms. The van der Waals surface area contributed by atoms with Gasteiger partial charge >= 0.3 is 24.3 Å². The number of ketones is 1. The third-order valence-corrected chi connectivity index (χ3v) is 13.4. The molecular formula is C44H59N7O8S2. The third-order valence-electron chi connectivity index (χ3n) is 10.8. The van der Waals surface area contributed by atoms with E-state index in [9.17, 15) is 28.8 Å². The standard InChI is InChI=1S/C44H59N7O8S2/c1-44(2,3)59-41(55)35(20-19-28(52)25-47-45)48-40(54)34(50-43(57)58-26-33-31-15-8-6-13-29(31)30-14-7-9-16-32(30)33)17-10-11-22-46-38(53)21-24-60-23-12-4-5-18-37-39-36(27-61-37)49-42(56)51-39/h6-9,13-16,25,33-37,39H,4-5,10-12,17-24,26-27H2,1-3H3,(H,46,53)(H,48,54)(H,50,57)(H2,49,51,56)/t34-,35-,36-,37-,39-/m0/s1. The lowest BCUT2D eigenvalue weighted by molar-refractivity contribution is -0.159. The molecule has 1 aliphatic carbocycles.